The van der Waals surface area contributed by atoms with E-state index in [1.807, 2.05) is 53.3 Å². The molecule has 0 heterocycles. The lowest BCUT2D eigenvalue weighted by Crippen LogP contribution is -1.81. The molecule has 0 bridgehead atoms. The van der Waals surface area contributed by atoms with Crippen molar-refractivity contribution >= 4 is 11.8 Å². The van der Waals surface area contributed by atoms with Gasteiger partial charge in [-0.3, -0.25) is 0 Å². The first-order chi connectivity index (χ1) is 12.5. The molecule has 0 aliphatic heterocycles. The lowest BCUT2D eigenvalue weighted by molar-refractivity contribution is 1.27. The fraction of sp³-hybridized carbons (Fsp3) is 0.360. The van der Waals surface area contributed by atoms with Crippen LogP contribution in [0.1, 0.15) is 58.2 Å². The second kappa shape index (κ2) is 21.3. The zero-order valence-electron chi connectivity index (χ0n) is 18.5. The van der Waals surface area contributed by atoms with E-state index in [1.54, 1.807) is 12.2 Å². The molecule has 26 heavy (non-hydrogen) atoms. The Bertz CT molecular complexity index is 559. The van der Waals surface area contributed by atoms with Crippen LogP contribution in [0.2, 0.25) is 0 Å². The van der Waals surface area contributed by atoms with Gasteiger partial charge in [-0.15, -0.1) is 13.2 Å². The topological polar surface area (TPSA) is 0 Å². The third-order valence-corrected chi connectivity index (χ3v) is 3.73. The third-order valence-electron chi connectivity index (χ3n) is 2.74. The molecular formula is C25H40S. The Hall–Kier alpha value is -1.73. The van der Waals surface area contributed by atoms with Crippen LogP contribution >= 0.6 is 11.8 Å². The molecule has 0 saturated heterocycles. The monoisotopic (exact) mass is 372 g/mol. The van der Waals surface area contributed by atoms with Gasteiger partial charge in [0.1, 0.15) is 0 Å². The SMILES string of the molecule is C=CC.C=CC.CC.CC.Cc1ccc(Sc2ccc(C)c(C)c2)cc1. The molecule has 146 valence electrons. The van der Waals surface area contributed by atoms with Crippen molar-refractivity contribution in [3.63, 3.8) is 0 Å². The van der Waals surface area contributed by atoms with Crippen molar-refractivity contribution in [1.29, 1.82) is 0 Å². The quantitative estimate of drug-likeness (QED) is 0.473. The lowest BCUT2D eigenvalue weighted by atomic mass is 10.1. The molecule has 0 atom stereocenters. The van der Waals surface area contributed by atoms with Crippen molar-refractivity contribution in [3.05, 3.63) is 84.5 Å². The van der Waals surface area contributed by atoms with Gasteiger partial charge in [-0.2, -0.15) is 0 Å². The van der Waals surface area contributed by atoms with E-state index in [9.17, 15) is 0 Å². The Balaban J connectivity index is -0.000000450. The zero-order chi connectivity index (χ0) is 21.0. The van der Waals surface area contributed by atoms with E-state index in [4.69, 9.17) is 0 Å². The van der Waals surface area contributed by atoms with Crippen LogP contribution in [0.15, 0.2) is 77.6 Å². The Labute approximate surface area is 168 Å². The fourth-order valence-corrected chi connectivity index (χ4v) is 2.44. The minimum absolute atomic E-state index is 1.30. The van der Waals surface area contributed by atoms with E-state index in [0.29, 0.717) is 0 Å². The van der Waals surface area contributed by atoms with Crippen molar-refractivity contribution in [2.75, 3.05) is 0 Å². The molecule has 0 radical (unpaired) electrons. The summed E-state index contributed by atoms with van der Waals surface area (Å²) in [6, 6.07) is 15.3. The Kier molecular flexibility index (Phi) is 23.8. The second-order valence-corrected chi connectivity index (χ2v) is 6.12. The van der Waals surface area contributed by atoms with Crippen LogP contribution in [0.3, 0.4) is 0 Å². The van der Waals surface area contributed by atoms with Gasteiger partial charge in [0, 0.05) is 9.79 Å². The number of benzene rings is 2. The van der Waals surface area contributed by atoms with Gasteiger partial charge in [0.05, 0.1) is 0 Å². The first-order valence-corrected chi connectivity index (χ1v) is 10.3. The van der Waals surface area contributed by atoms with Gasteiger partial charge in [0.2, 0.25) is 0 Å². The summed E-state index contributed by atoms with van der Waals surface area (Å²) in [7, 11) is 0. The maximum atomic E-state index is 3.36. The minimum atomic E-state index is 1.30. The Morgan fingerprint density at radius 1 is 0.654 bits per heavy atom. The van der Waals surface area contributed by atoms with Gasteiger partial charge < -0.3 is 0 Å². The Morgan fingerprint density at radius 3 is 1.42 bits per heavy atom. The van der Waals surface area contributed by atoms with Crippen molar-refractivity contribution in [1.82, 2.24) is 0 Å². The predicted molar refractivity (Wildman–Crippen MR) is 126 cm³/mol. The summed E-state index contributed by atoms with van der Waals surface area (Å²) in [5, 5.41) is 0. The standard InChI is InChI=1S/C15H16S.2C3H6.2C2H6/c1-11-4-7-14(8-5-11)16-15-9-6-12(2)13(3)10-15;2*1-3-2;2*1-2/h4-10H,1-3H3;2*3H,1H2,2H3;2*1-2H3. The first kappa shape index (κ1) is 29.0. The highest BCUT2D eigenvalue weighted by Gasteiger charge is 1.99. The molecule has 0 fully saturated rings. The van der Waals surface area contributed by atoms with Crippen LogP contribution in [0.4, 0.5) is 0 Å². The predicted octanol–water partition coefficient (Wildman–Crippen LogP) is 9.20. The van der Waals surface area contributed by atoms with Gasteiger partial charge in [0.25, 0.3) is 0 Å². The maximum Gasteiger partial charge on any atom is 0.0125 e. The molecule has 0 unspecified atom stereocenters. The summed E-state index contributed by atoms with van der Waals surface area (Å²) >= 11 is 1.82. The van der Waals surface area contributed by atoms with E-state index < -0.39 is 0 Å². The normalized spacial score (nSPS) is 7.88. The van der Waals surface area contributed by atoms with Crippen molar-refractivity contribution in [2.24, 2.45) is 0 Å². The molecule has 0 nitrogen and oxygen atoms in total. The first-order valence-electron chi connectivity index (χ1n) is 9.44. The lowest BCUT2D eigenvalue weighted by Gasteiger charge is -2.05. The molecule has 2 aromatic carbocycles. The largest absolute Gasteiger partial charge is 0.103 e. The van der Waals surface area contributed by atoms with Crippen molar-refractivity contribution in [2.45, 2.75) is 72.1 Å². The average Bonchev–Trinajstić information content (AvgIpc) is 2.65. The summed E-state index contributed by atoms with van der Waals surface area (Å²) in [5.74, 6) is 0. The zero-order valence-corrected chi connectivity index (χ0v) is 19.3. The second-order valence-electron chi connectivity index (χ2n) is 4.98. The summed E-state index contributed by atoms with van der Waals surface area (Å²) in [4.78, 5) is 2.61. The molecule has 1 heteroatoms. The van der Waals surface area contributed by atoms with E-state index in [-0.39, 0.29) is 0 Å². The molecule has 0 N–H and O–H groups in total. The highest BCUT2D eigenvalue weighted by Crippen LogP contribution is 2.28. The smallest absolute Gasteiger partial charge is 0.0125 e. The highest BCUT2D eigenvalue weighted by atomic mass is 32.2. The summed E-state index contributed by atoms with van der Waals surface area (Å²) in [5.41, 5.74) is 4.02. The summed E-state index contributed by atoms with van der Waals surface area (Å²) in [6.07, 6.45) is 3.50. The van der Waals surface area contributed by atoms with E-state index in [0.717, 1.165) is 0 Å². The number of aryl methyl sites for hydroxylation is 3. The third kappa shape index (κ3) is 15.8. The number of rotatable bonds is 2. The van der Waals surface area contributed by atoms with Gasteiger partial charge in [0.15, 0.2) is 0 Å². The molecule has 2 aromatic rings. The molecular weight excluding hydrogens is 332 g/mol. The number of hydrogen-bond donors (Lipinski definition) is 0. The molecule has 0 amide bonds. The van der Waals surface area contributed by atoms with Gasteiger partial charge in [-0.05, 0) is 70.0 Å². The summed E-state index contributed by atoms with van der Waals surface area (Å²) in [6.45, 7) is 24.9. The maximum absolute atomic E-state index is 3.36. The van der Waals surface area contributed by atoms with Gasteiger partial charge >= 0.3 is 0 Å². The molecule has 0 spiro atoms. The van der Waals surface area contributed by atoms with E-state index in [1.165, 1.54) is 26.5 Å². The molecule has 0 aromatic heterocycles. The van der Waals surface area contributed by atoms with E-state index in [2.05, 4.69) is 76.4 Å². The minimum Gasteiger partial charge on any atom is -0.103 e. The van der Waals surface area contributed by atoms with Crippen LogP contribution in [0, 0.1) is 20.8 Å². The van der Waals surface area contributed by atoms with E-state index >= 15 is 0 Å². The van der Waals surface area contributed by atoms with Gasteiger partial charge in [-0.1, -0.05) is 75.4 Å². The summed E-state index contributed by atoms with van der Waals surface area (Å²) < 4.78 is 0. The average molecular weight is 373 g/mol. The van der Waals surface area contributed by atoms with Crippen molar-refractivity contribution < 1.29 is 0 Å². The number of hydrogen-bond acceptors (Lipinski definition) is 1. The van der Waals surface area contributed by atoms with Crippen LogP contribution in [-0.4, -0.2) is 0 Å². The highest BCUT2D eigenvalue weighted by molar-refractivity contribution is 7.99. The fourth-order valence-electron chi connectivity index (χ4n) is 1.52. The van der Waals surface area contributed by atoms with Crippen LogP contribution in [0.25, 0.3) is 0 Å². The molecule has 0 saturated carbocycles. The Morgan fingerprint density at radius 2 is 1.04 bits per heavy atom. The van der Waals surface area contributed by atoms with Crippen LogP contribution < -0.4 is 0 Å². The van der Waals surface area contributed by atoms with Crippen LogP contribution in [-0.2, 0) is 0 Å². The molecule has 2 rings (SSSR count). The van der Waals surface area contributed by atoms with Crippen molar-refractivity contribution in [3.8, 4) is 0 Å². The van der Waals surface area contributed by atoms with Crippen LogP contribution in [0.5, 0.6) is 0 Å². The molecule has 0 aliphatic rings. The molecule has 0 aliphatic carbocycles. The number of allylic oxidation sites excluding steroid dienone is 2. The van der Waals surface area contributed by atoms with Gasteiger partial charge in [-0.25, -0.2) is 0 Å².